The number of hydrogen-bond acceptors (Lipinski definition) is 4. The Bertz CT molecular complexity index is 746. The van der Waals surface area contributed by atoms with Crippen LogP contribution in [-0.2, 0) is 16.2 Å². The SMILES string of the molecule is C=C(NOCc1ccccc1F)c1ccc(OCC(=O)O)c(C)c1. The van der Waals surface area contributed by atoms with E-state index in [0.717, 1.165) is 11.1 Å². The zero-order valence-corrected chi connectivity index (χ0v) is 13.2. The normalized spacial score (nSPS) is 10.2. The van der Waals surface area contributed by atoms with Crippen molar-refractivity contribution in [1.82, 2.24) is 5.48 Å². The van der Waals surface area contributed by atoms with E-state index in [0.29, 0.717) is 17.0 Å². The van der Waals surface area contributed by atoms with E-state index in [1.807, 2.05) is 0 Å². The number of aliphatic carboxylic acids is 1. The summed E-state index contributed by atoms with van der Waals surface area (Å²) in [4.78, 5) is 15.8. The Balaban J connectivity index is 1.91. The highest BCUT2D eigenvalue weighted by Gasteiger charge is 2.07. The van der Waals surface area contributed by atoms with Crippen molar-refractivity contribution >= 4 is 11.7 Å². The number of halogens is 1. The number of nitrogens with one attached hydrogen (secondary N) is 1. The summed E-state index contributed by atoms with van der Waals surface area (Å²) in [6.45, 7) is 5.32. The first-order valence-corrected chi connectivity index (χ1v) is 7.23. The monoisotopic (exact) mass is 331 g/mol. The molecule has 0 saturated carbocycles. The highest BCUT2D eigenvalue weighted by molar-refractivity contribution is 5.68. The molecule has 0 aliphatic heterocycles. The fraction of sp³-hybridized carbons (Fsp3) is 0.167. The van der Waals surface area contributed by atoms with Crippen LogP contribution in [0.15, 0.2) is 49.0 Å². The van der Waals surface area contributed by atoms with Gasteiger partial charge in [0.2, 0.25) is 0 Å². The third kappa shape index (κ3) is 4.82. The lowest BCUT2D eigenvalue weighted by Gasteiger charge is -2.13. The zero-order valence-electron chi connectivity index (χ0n) is 13.2. The molecule has 0 amide bonds. The van der Waals surface area contributed by atoms with Gasteiger partial charge in [-0.25, -0.2) is 9.18 Å². The van der Waals surface area contributed by atoms with Crippen molar-refractivity contribution in [1.29, 1.82) is 0 Å². The van der Waals surface area contributed by atoms with Crippen LogP contribution in [0.3, 0.4) is 0 Å². The lowest BCUT2D eigenvalue weighted by molar-refractivity contribution is -0.139. The second kappa shape index (κ2) is 8.12. The summed E-state index contributed by atoms with van der Waals surface area (Å²) >= 11 is 0. The maximum atomic E-state index is 13.5. The molecule has 2 aromatic rings. The summed E-state index contributed by atoms with van der Waals surface area (Å²) in [5.74, 6) is -0.881. The average Bonchev–Trinajstić information content (AvgIpc) is 2.55. The number of hydroxylamine groups is 1. The molecule has 0 fully saturated rings. The fourth-order valence-corrected chi connectivity index (χ4v) is 2.01. The van der Waals surface area contributed by atoms with E-state index in [2.05, 4.69) is 12.1 Å². The van der Waals surface area contributed by atoms with Gasteiger partial charge < -0.3 is 9.84 Å². The zero-order chi connectivity index (χ0) is 17.5. The van der Waals surface area contributed by atoms with Crippen LogP contribution in [0, 0.1) is 12.7 Å². The van der Waals surface area contributed by atoms with Gasteiger partial charge in [-0.05, 0) is 42.3 Å². The Morgan fingerprint density at radius 1 is 1.29 bits per heavy atom. The summed E-state index contributed by atoms with van der Waals surface area (Å²) < 4.78 is 18.6. The highest BCUT2D eigenvalue weighted by Crippen LogP contribution is 2.22. The van der Waals surface area contributed by atoms with Crippen LogP contribution in [0.5, 0.6) is 5.75 Å². The number of carboxylic acid groups (broad SMARTS) is 1. The van der Waals surface area contributed by atoms with Crippen LogP contribution in [0.25, 0.3) is 5.70 Å². The first-order chi connectivity index (χ1) is 11.5. The molecule has 0 atom stereocenters. The summed E-state index contributed by atoms with van der Waals surface area (Å²) in [5.41, 5.74) is 5.13. The minimum atomic E-state index is -1.04. The molecule has 0 aromatic heterocycles. The first-order valence-electron chi connectivity index (χ1n) is 7.23. The lowest BCUT2D eigenvalue weighted by Crippen LogP contribution is -2.13. The molecule has 0 aliphatic carbocycles. The molecule has 2 N–H and O–H groups in total. The molecule has 0 bridgehead atoms. The molecule has 6 heteroatoms. The minimum absolute atomic E-state index is 0.0600. The maximum Gasteiger partial charge on any atom is 0.341 e. The Labute approximate surface area is 139 Å². The predicted octanol–water partition coefficient (Wildman–Crippen LogP) is 3.29. The summed E-state index contributed by atoms with van der Waals surface area (Å²) in [6, 6.07) is 11.5. The molecule has 0 heterocycles. The Hall–Kier alpha value is -2.86. The van der Waals surface area contributed by atoms with Gasteiger partial charge in [0, 0.05) is 5.56 Å². The number of hydrogen-bond donors (Lipinski definition) is 2. The molecule has 24 heavy (non-hydrogen) atoms. The topological polar surface area (TPSA) is 67.8 Å². The van der Waals surface area contributed by atoms with Crippen molar-refractivity contribution in [3.63, 3.8) is 0 Å². The van der Waals surface area contributed by atoms with Gasteiger partial charge in [0.1, 0.15) is 18.2 Å². The van der Waals surface area contributed by atoms with Crippen LogP contribution in [0.4, 0.5) is 4.39 Å². The van der Waals surface area contributed by atoms with Gasteiger partial charge in [0.25, 0.3) is 0 Å². The molecular formula is C18H18FNO4. The molecule has 0 saturated heterocycles. The van der Waals surface area contributed by atoms with E-state index in [1.54, 1.807) is 43.3 Å². The maximum absolute atomic E-state index is 13.5. The van der Waals surface area contributed by atoms with Crippen LogP contribution in [0.2, 0.25) is 0 Å². The van der Waals surface area contributed by atoms with E-state index in [-0.39, 0.29) is 12.4 Å². The lowest BCUT2D eigenvalue weighted by atomic mass is 10.1. The van der Waals surface area contributed by atoms with Gasteiger partial charge in [-0.1, -0.05) is 24.8 Å². The van der Waals surface area contributed by atoms with Crippen molar-refractivity contribution in [3.8, 4) is 5.75 Å². The van der Waals surface area contributed by atoms with Gasteiger partial charge in [-0.2, -0.15) is 0 Å². The van der Waals surface area contributed by atoms with Gasteiger partial charge in [-0.3, -0.25) is 10.3 Å². The fourth-order valence-electron chi connectivity index (χ4n) is 2.01. The molecule has 0 unspecified atom stereocenters. The number of benzene rings is 2. The summed E-state index contributed by atoms with van der Waals surface area (Å²) in [6.07, 6.45) is 0. The van der Waals surface area contributed by atoms with E-state index < -0.39 is 12.6 Å². The minimum Gasteiger partial charge on any atom is -0.482 e. The number of ether oxygens (including phenoxy) is 1. The van der Waals surface area contributed by atoms with E-state index in [9.17, 15) is 9.18 Å². The molecule has 0 spiro atoms. The van der Waals surface area contributed by atoms with Gasteiger partial charge in [0.15, 0.2) is 6.61 Å². The third-order valence-corrected chi connectivity index (χ3v) is 3.26. The van der Waals surface area contributed by atoms with Gasteiger partial charge >= 0.3 is 5.97 Å². The van der Waals surface area contributed by atoms with Crippen molar-refractivity contribution in [2.45, 2.75) is 13.5 Å². The third-order valence-electron chi connectivity index (χ3n) is 3.26. The van der Waals surface area contributed by atoms with Crippen LogP contribution < -0.4 is 10.2 Å². The molecule has 0 aliphatic rings. The molecule has 5 nitrogen and oxygen atoms in total. The van der Waals surface area contributed by atoms with Crippen LogP contribution >= 0.6 is 0 Å². The average molecular weight is 331 g/mol. The Morgan fingerprint density at radius 3 is 2.71 bits per heavy atom. The van der Waals surface area contributed by atoms with Crippen LogP contribution in [0.1, 0.15) is 16.7 Å². The second-order valence-corrected chi connectivity index (χ2v) is 5.12. The van der Waals surface area contributed by atoms with Crippen molar-refractivity contribution in [2.24, 2.45) is 0 Å². The van der Waals surface area contributed by atoms with Crippen molar-refractivity contribution < 1.29 is 23.9 Å². The molecular weight excluding hydrogens is 313 g/mol. The smallest absolute Gasteiger partial charge is 0.341 e. The number of aryl methyl sites for hydroxylation is 1. The Morgan fingerprint density at radius 2 is 2.04 bits per heavy atom. The largest absolute Gasteiger partial charge is 0.482 e. The highest BCUT2D eigenvalue weighted by atomic mass is 19.1. The summed E-state index contributed by atoms with van der Waals surface area (Å²) in [7, 11) is 0. The number of carboxylic acids is 1. The van der Waals surface area contributed by atoms with E-state index in [1.165, 1.54) is 6.07 Å². The summed E-state index contributed by atoms with van der Waals surface area (Å²) in [5, 5.41) is 8.63. The Kier molecular flexibility index (Phi) is 5.92. The number of carbonyl (C=O) groups is 1. The van der Waals surface area contributed by atoms with Crippen molar-refractivity contribution in [3.05, 3.63) is 71.6 Å². The molecule has 2 aromatic carbocycles. The van der Waals surface area contributed by atoms with E-state index >= 15 is 0 Å². The molecule has 0 radical (unpaired) electrons. The van der Waals surface area contributed by atoms with Crippen molar-refractivity contribution in [2.75, 3.05) is 6.61 Å². The van der Waals surface area contributed by atoms with Gasteiger partial charge in [0.05, 0.1) is 5.70 Å². The quantitative estimate of drug-likeness (QED) is 0.727. The molecule has 2 rings (SSSR count). The van der Waals surface area contributed by atoms with E-state index in [4.69, 9.17) is 14.7 Å². The predicted molar refractivity (Wildman–Crippen MR) is 87.7 cm³/mol. The number of rotatable bonds is 8. The standard InChI is InChI=1S/C18H18FNO4/c1-12-9-14(7-8-17(12)23-11-18(21)22)13(2)20-24-10-15-5-3-4-6-16(15)19/h3-9,20H,2,10-11H2,1H3,(H,21,22). The van der Waals surface area contributed by atoms with Crippen LogP contribution in [-0.4, -0.2) is 17.7 Å². The second-order valence-electron chi connectivity index (χ2n) is 5.12. The van der Waals surface area contributed by atoms with Gasteiger partial charge in [-0.15, -0.1) is 0 Å². The molecule has 126 valence electrons. The first kappa shape index (κ1) is 17.5.